The summed E-state index contributed by atoms with van der Waals surface area (Å²) in [5.41, 5.74) is 2.30. The molecule has 3 aromatic heterocycles. The van der Waals surface area contributed by atoms with Crippen molar-refractivity contribution in [3.8, 4) is 5.75 Å². The quantitative estimate of drug-likeness (QED) is 0.542. The van der Waals surface area contributed by atoms with Gasteiger partial charge in [0.1, 0.15) is 23.9 Å². The molecule has 4 rings (SSSR count). The highest BCUT2D eigenvalue weighted by Gasteiger charge is 2.20. The fraction of sp³-hybridized carbons (Fsp3) is 0.190. The van der Waals surface area contributed by atoms with Gasteiger partial charge >= 0.3 is 0 Å². The van der Waals surface area contributed by atoms with Crippen LogP contribution in [0.25, 0.3) is 5.65 Å². The van der Waals surface area contributed by atoms with Crippen molar-refractivity contribution in [2.75, 3.05) is 5.32 Å². The van der Waals surface area contributed by atoms with Gasteiger partial charge in [-0.3, -0.25) is 13.9 Å². The lowest BCUT2D eigenvalue weighted by Crippen LogP contribution is -2.16. The van der Waals surface area contributed by atoms with E-state index in [4.69, 9.17) is 4.74 Å². The molecule has 0 aliphatic rings. The molecule has 0 aliphatic carbocycles. The van der Waals surface area contributed by atoms with Gasteiger partial charge in [0.15, 0.2) is 11.4 Å². The van der Waals surface area contributed by atoms with Crippen LogP contribution in [0.5, 0.6) is 5.75 Å². The van der Waals surface area contributed by atoms with Gasteiger partial charge in [0.2, 0.25) is 0 Å². The van der Waals surface area contributed by atoms with Crippen LogP contribution in [0.3, 0.4) is 0 Å². The van der Waals surface area contributed by atoms with Crippen molar-refractivity contribution in [2.24, 2.45) is 7.05 Å². The predicted molar refractivity (Wildman–Crippen MR) is 107 cm³/mol. The normalized spacial score (nSPS) is 11.1. The number of hydrogen-bond acceptors (Lipinski definition) is 4. The number of fused-ring (bicyclic) bond motifs is 1. The number of nitrogens with one attached hydrogen (secondary N) is 1. The molecule has 154 valence electrons. The van der Waals surface area contributed by atoms with E-state index in [0.29, 0.717) is 34.2 Å². The summed E-state index contributed by atoms with van der Waals surface area (Å²) < 4.78 is 36.6. The average molecular weight is 411 g/mol. The Balaban J connectivity index is 1.65. The maximum Gasteiger partial charge on any atom is 0.274 e. The van der Waals surface area contributed by atoms with Crippen molar-refractivity contribution in [1.82, 2.24) is 19.2 Å². The van der Waals surface area contributed by atoms with E-state index in [0.717, 1.165) is 0 Å². The number of halogens is 2. The standard InChI is InChI=1S/C21H19F2N5O2/c1-12-17(10-27(3)26-12)25-21(29)19-13(2)24-20-18(8-5-9-28(19)20)30-11-14-15(22)6-4-7-16(14)23/h4-10H,11H2,1-3H3,(H,25,29). The van der Waals surface area contributed by atoms with Gasteiger partial charge in [-0.15, -0.1) is 0 Å². The zero-order chi connectivity index (χ0) is 21.4. The van der Waals surface area contributed by atoms with Gasteiger partial charge in [0.05, 0.1) is 22.6 Å². The molecule has 0 atom stereocenters. The highest BCUT2D eigenvalue weighted by atomic mass is 19.1. The minimum atomic E-state index is -0.687. The summed E-state index contributed by atoms with van der Waals surface area (Å²) >= 11 is 0. The zero-order valence-corrected chi connectivity index (χ0v) is 16.6. The first-order valence-corrected chi connectivity index (χ1v) is 9.20. The molecule has 9 heteroatoms. The van der Waals surface area contributed by atoms with Gasteiger partial charge in [0.25, 0.3) is 5.91 Å². The minimum Gasteiger partial charge on any atom is -0.485 e. The summed E-state index contributed by atoms with van der Waals surface area (Å²) in [7, 11) is 1.77. The van der Waals surface area contributed by atoms with Crippen LogP contribution in [0, 0.1) is 25.5 Å². The molecule has 0 bridgehead atoms. The number of hydrogen-bond donors (Lipinski definition) is 1. The van der Waals surface area contributed by atoms with Crippen LogP contribution in [0.4, 0.5) is 14.5 Å². The fourth-order valence-electron chi connectivity index (χ4n) is 3.27. The van der Waals surface area contributed by atoms with Crippen molar-refractivity contribution in [3.05, 3.63) is 77.0 Å². The van der Waals surface area contributed by atoms with E-state index < -0.39 is 11.6 Å². The molecule has 30 heavy (non-hydrogen) atoms. The SMILES string of the molecule is Cc1nn(C)cc1NC(=O)c1c(C)nc2c(OCc3c(F)cccc3F)cccn12. The number of carbonyl (C=O) groups excluding carboxylic acids is 1. The average Bonchev–Trinajstić information content (AvgIpc) is 3.19. The summed E-state index contributed by atoms with van der Waals surface area (Å²) in [6, 6.07) is 6.94. The second kappa shape index (κ2) is 7.58. The number of rotatable bonds is 5. The van der Waals surface area contributed by atoms with E-state index in [1.807, 2.05) is 0 Å². The molecule has 0 radical (unpaired) electrons. The topological polar surface area (TPSA) is 73.5 Å². The van der Waals surface area contributed by atoms with E-state index in [9.17, 15) is 13.6 Å². The number of nitrogens with zero attached hydrogens (tertiary/aromatic N) is 4. The van der Waals surface area contributed by atoms with Crippen molar-refractivity contribution in [2.45, 2.75) is 20.5 Å². The Kier molecular flexibility index (Phi) is 4.94. The van der Waals surface area contributed by atoms with Gasteiger partial charge < -0.3 is 10.1 Å². The smallest absolute Gasteiger partial charge is 0.274 e. The molecule has 0 spiro atoms. The fourth-order valence-corrected chi connectivity index (χ4v) is 3.27. The Morgan fingerprint density at radius 3 is 2.53 bits per heavy atom. The second-order valence-corrected chi connectivity index (χ2v) is 6.86. The number of carbonyl (C=O) groups is 1. The monoisotopic (exact) mass is 411 g/mol. The van der Waals surface area contributed by atoms with Crippen LogP contribution in [-0.2, 0) is 13.7 Å². The molecule has 0 fully saturated rings. The first-order valence-electron chi connectivity index (χ1n) is 9.20. The van der Waals surface area contributed by atoms with E-state index in [2.05, 4.69) is 15.4 Å². The Morgan fingerprint density at radius 1 is 1.13 bits per heavy atom. The van der Waals surface area contributed by atoms with E-state index in [1.165, 1.54) is 18.2 Å². The summed E-state index contributed by atoms with van der Waals surface area (Å²) in [4.78, 5) is 17.3. The Hall–Kier alpha value is -3.75. The summed E-state index contributed by atoms with van der Waals surface area (Å²) in [5.74, 6) is -1.42. The maximum atomic E-state index is 13.9. The third-order valence-electron chi connectivity index (χ3n) is 4.70. The molecule has 7 nitrogen and oxygen atoms in total. The molecule has 0 aliphatic heterocycles. The van der Waals surface area contributed by atoms with Crippen molar-refractivity contribution >= 4 is 17.2 Å². The molecule has 3 heterocycles. The second-order valence-electron chi connectivity index (χ2n) is 6.86. The molecule has 1 aromatic carbocycles. The lowest BCUT2D eigenvalue weighted by atomic mass is 10.2. The van der Waals surface area contributed by atoms with Gasteiger partial charge in [-0.05, 0) is 38.1 Å². The molecular weight excluding hydrogens is 392 g/mol. The highest BCUT2D eigenvalue weighted by Crippen LogP contribution is 2.25. The molecule has 1 N–H and O–H groups in total. The Labute approximate surface area is 170 Å². The molecule has 0 unspecified atom stereocenters. The summed E-state index contributed by atoms with van der Waals surface area (Å²) in [5, 5.41) is 7.05. The number of imidazole rings is 1. The number of benzene rings is 1. The molecule has 4 aromatic rings. The summed E-state index contributed by atoms with van der Waals surface area (Å²) in [6.45, 7) is 3.20. The molecule has 0 saturated carbocycles. The van der Waals surface area contributed by atoms with Gasteiger partial charge in [0, 0.05) is 19.4 Å². The van der Waals surface area contributed by atoms with E-state index in [1.54, 1.807) is 54.5 Å². The van der Waals surface area contributed by atoms with Crippen LogP contribution in [0.1, 0.15) is 27.4 Å². The lowest BCUT2D eigenvalue weighted by molar-refractivity contribution is 0.102. The van der Waals surface area contributed by atoms with E-state index >= 15 is 0 Å². The largest absolute Gasteiger partial charge is 0.485 e. The number of amides is 1. The van der Waals surface area contributed by atoms with Gasteiger partial charge in [-0.2, -0.15) is 5.10 Å². The van der Waals surface area contributed by atoms with Crippen molar-refractivity contribution in [1.29, 1.82) is 0 Å². The number of pyridine rings is 1. The van der Waals surface area contributed by atoms with Crippen LogP contribution in [0.2, 0.25) is 0 Å². The van der Waals surface area contributed by atoms with Crippen molar-refractivity contribution in [3.63, 3.8) is 0 Å². The first-order chi connectivity index (χ1) is 14.3. The number of aryl methyl sites for hydroxylation is 3. The Morgan fingerprint density at radius 2 is 1.87 bits per heavy atom. The van der Waals surface area contributed by atoms with Crippen molar-refractivity contribution < 1.29 is 18.3 Å². The zero-order valence-electron chi connectivity index (χ0n) is 16.6. The minimum absolute atomic E-state index is 0.173. The van der Waals surface area contributed by atoms with Gasteiger partial charge in [-0.1, -0.05) is 6.07 Å². The predicted octanol–water partition coefficient (Wildman–Crippen LogP) is 3.79. The third-order valence-corrected chi connectivity index (χ3v) is 4.70. The Bertz CT molecular complexity index is 1240. The lowest BCUT2D eigenvalue weighted by Gasteiger charge is -2.10. The molecular formula is C21H19F2N5O2. The summed E-state index contributed by atoms with van der Waals surface area (Å²) in [6.07, 6.45) is 3.39. The number of anilines is 1. The first kappa shape index (κ1) is 19.6. The van der Waals surface area contributed by atoms with Crippen LogP contribution in [-0.4, -0.2) is 25.1 Å². The third kappa shape index (κ3) is 3.49. The van der Waals surface area contributed by atoms with Crippen LogP contribution in [0.15, 0.2) is 42.7 Å². The number of aromatic nitrogens is 4. The van der Waals surface area contributed by atoms with Crippen LogP contribution < -0.4 is 10.1 Å². The molecule has 1 amide bonds. The van der Waals surface area contributed by atoms with Crippen LogP contribution >= 0.6 is 0 Å². The maximum absolute atomic E-state index is 13.9. The number of ether oxygens (including phenoxy) is 1. The highest BCUT2D eigenvalue weighted by molar-refractivity contribution is 6.04. The van der Waals surface area contributed by atoms with E-state index in [-0.39, 0.29) is 18.1 Å². The van der Waals surface area contributed by atoms with Gasteiger partial charge in [-0.25, -0.2) is 13.8 Å². The molecule has 0 saturated heterocycles.